The lowest BCUT2D eigenvalue weighted by Crippen LogP contribution is -2.21. The fourth-order valence-electron chi connectivity index (χ4n) is 3.51. The number of hydrogen-bond acceptors (Lipinski definition) is 2. The van der Waals surface area contributed by atoms with E-state index in [4.69, 9.17) is 4.74 Å². The van der Waals surface area contributed by atoms with Gasteiger partial charge in [-0.3, -0.25) is 0 Å². The fourth-order valence-corrected chi connectivity index (χ4v) is 3.51. The minimum Gasteiger partial charge on any atom is -0.496 e. The summed E-state index contributed by atoms with van der Waals surface area (Å²) in [5.74, 6) is 2.50. The molecule has 100 valence electrons. The van der Waals surface area contributed by atoms with Gasteiger partial charge in [-0.15, -0.1) is 0 Å². The van der Waals surface area contributed by atoms with Crippen LogP contribution in [0.25, 0.3) is 0 Å². The van der Waals surface area contributed by atoms with E-state index in [1.165, 1.54) is 36.0 Å². The van der Waals surface area contributed by atoms with Gasteiger partial charge in [0.15, 0.2) is 0 Å². The van der Waals surface area contributed by atoms with E-state index in [0.717, 1.165) is 18.2 Å². The summed E-state index contributed by atoms with van der Waals surface area (Å²) >= 11 is 0. The van der Waals surface area contributed by atoms with Crippen molar-refractivity contribution in [3.63, 3.8) is 0 Å². The smallest absolute Gasteiger partial charge is 0.122 e. The normalized spacial score (nSPS) is 23.3. The molecule has 0 bridgehead atoms. The monoisotopic (exact) mass is 247 g/mol. The van der Waals surface area contributed by atoms with Gasteiger partial charge in [0.25, 0.3) is 0 Å². The number of methoxy groups -OCH3 is 1. The van der Waals surface area contributed by atoms with E-state index in [2.05, 4.69) is 38.3 Å². The molecule has 1 saturated carbocycles. The highest BCUT2D eigenvalue weighted by Crippen LogP contribution is 2.44. The molecule has 1 aromatic rings. The van der Waals surface area contributed by atoms with Crippen molar-refractivity contribution in [2.45, 2.75) is 39.0 Å². The molecule has 1 aliphatic rings. The molecular formula is C16H25NO. The van der Waals surface area contributed by atoms with Gasteiger partial charge in [-0.25, -0.2) is 0 Å². The van der Waals surface area contributed by atoms with Crippen molar-refractivity contribution in [1.29, 1.82) is 0 Å². The summed E-state index contributed by atoms with van der Waals surface area (Å²) in [5, 5.41) is 3.34. The van der Waals surface area contributed by atoms with Crippen molar-refractivity contribution in [3.05, 3.63) is 28.8 Å². The molecule has 0 spiro atoms. The quantitative estimate of drug-likeness (QED) is 0.880. The molecule has 2 nitrogen and oxygen atoms in total. The third-order valence-corrected chi connectivity index (χ3v) is 4.21. The first kappa shape index (κ1) is 13.4. The molecule has 0 aromatic heterocycles. The second-order valence-electron chi connectivity index (χ2n) is 5.55. The molecule has 2 unspecified atom stereocenters. The third-order valence-electron chi connectivity index (χ3n) is 4.21. The van der Waals surface area contributed by atoms with Crippen LogP contribution in [0.4, 0.5) is 0 Å². The summed E-state index contributed by atoms with van der Waals surface area (Å²) < 4.78 is 5.63. The highest BCUT2D eigenvalue weighted by Gasteiger charge is 2.31. The van der Waals surface area contributed by atoms with Crippen molar-refractivity contribution >= 4 is 0 Å². The lowest BCUT2D eigenvalue weighted by molar-refractivity contribution is 0.391. The number of aryl methyl sites for hydroxylation is 2. The van der Waals surface area contributed by atoms with E-state index in [-0.39, 0.29) is 0 Å². The van der Waals surface area contributed by atoms with Crippen LogP contribution >= 0.6 is 0 Å². The Morgan fingerprint density at radius 2 is 2.06 bits per heavy atom. The van der Waals surface area contributed by atoms with Gasteiger partial charge in [0.05, 0.1) is 7.11 Å². The molecule has 1 fully saturated rings. The van der Waals surface area contributed by atoms with Crippen LogP contribution in [-0.2, 0) is 0 Å². The topological polar surface area (TPSA) is 21.3 Å². The van der Waals surface area contributed by atoms with Crippen molar-refractivity contribution in [2.75, 3.05) is 20.7 Å². The molecular weight excluding hydrogens is 222 g/mol. The zero-order chi connectivity index (χ0) is 13.1. The molecule has 2 heteroatoms. The molecule has 0 radical (unpaired) electrons. The second-order valence-corrected chi connectivity index (χ2v) is 5.55. The van der Waals surface area contributed by atoms with Crippen LogP contribution in [0.5, 0.6) is 5.75 Å². The summed E-state index contributed by atoms with van der Waals surface area (Å²) in [4.78, 5) is 0. The number of hydrogen-bond donors (Lipinski definition) is 1. The summed E-state index contributed by atoms with van der Waals surface area (Å²) in [5.41, 5.74) is 4.12. The van der Waals surface area contributed by atoms with Crippen LogP contribution in [-0.4, -0.2) is 20.7 Å². The second kappa shape index (κ2) is 5.75. The Bertz CT molecular complexity index is 414. The van der Waals surface area contributed by atoms with Crippen LogP contribution in [0.2, 0.25) is 0 Å². The third kappa shape index (κ3) is 2.54. The number of nitrogens with one attached hydrogen (secondary N) is 1. The van der Waals surface area contributed by atoms with E-state index in [0.29, 0.717) is 5.92 Å². The minimum atomic E-state index is 0.660. The molecule has 0 amide bonds. The molecule has 1 aromatic carbocycles. The predicted molar refractivity (Wildman–Crippen MR) is 76.5 cm³/mol. The van der Waals surface area contributed by atoms with Crippen molar-refractivity contribution < 1.29 is 4.74 Å². The summed E-state index contributed by atoms with van der Waals surface area (Å²) in [7, 11) is 3.84. The molecule has 1 N–H and O–H groups in total. The molecule has 1 aliphatic carbocycles. The Labute approximate surface area is 111 Å². The van der Waals surface area contributed by atoms with Gasteiger partial charge < -0.3 is 10.1 Å². The highest BCUT2D eigenvalue weighted by molar-refractivity contribution is 5.46. The van der Waals surface area contributed by atoms with Crippen LogP contribution in [0, 0.1) is 19.8 Å². The largest absolute Gasteiger partial charge is 0.496 e. The predicted octanol–water partition coefficient (Wildman–Crippen LogP) is 3.42. The summed E-state index contributed by atoms with van der Waals surface area (Å²) in [6.45, 7) is 5.47. The number of rotatable bonds is 4. The van der Waals surface area contributed by atoms with Crippen molar-refractivity contribution in [1.82, 2.24) is 5.32 Å². The first-order chi connectivity index (χ1) is 8.67. The van der Waals surface area contributed by atoms with Crippen molar-refractivity contribution in [3.8, 4) is 5.75 Å². The van der Waals surface area contributed by atoms with E-state index < -0.39 is 0 Å². The van der Waals surface area contributed by atoms with Gasteiger partial charge in [-0.05, 0) is 69.3 Å². The Morgan fingerprint density at radius 1 is 1.28 bits per heavy atom. The number of benzene rings is 1. The lowest BCUT2D eigenvalue weighted by atomic mass is 9.85. The van der Waals surface area contributed by atoms with E-state index in [9.17, 15) is 0 Å². The highest BCUT2D eigenvalue weighted by atomic mass is 16.5. The van der Waals surface area contributed by atoms with Gasteiger partial charge in [-0.1, -0.05) is 12.5 Å². The van der Waals surface area contributed by atoms with E-state index in [1.54, 1.807) is 7.11 Å². The van der Waals surface area contributed by atoms with Gasteiger partial charge >= 0.3 is 0 Å². The molecule has 2 rings (SSSR count). The van der Waals surface area contributed by atoms with Crippen LogP contribution in [0.1, 0.15) is 41.9 Å². The van der Waals surface area contributed by atoms with E-state index in [1.807, 2.05) is 0 Å². The zero-order valence-electron chi connectivity index (χ0n) is 12.0. The molecule has 2 atom stereocenters. The maximum atomic E-state index is 5.63. The van der Waals surface area contributed by atoms with Gasteiger partial charge in [0.2, 0.25) is 0 Å². The van der Waals surface area contributed by atoms with E-state index >= 15 is 0 Å². The maximum Gasteiger partial charge on any atom is 0.122 e. The van der Waals surface area contributed by atoms with Crippen LogP contribution in [0.3, 0.4) is 0 Å². The first-order valence-electron chi connectivity index (χ1n) is 6.97. The van der Waals surface area contributed by atoms with Gasteiger partial charge in [-0.2, -0.15) is 0 Å². The number of ether oxygens (including phenoxy) is 1. The average molecular weight is 247 g/mol. The Hall–Kier alpha value is -1.02. The zero-order valence-corrected chi connectivity index (χ0v) is 12.0. The summed E-state index contributed by atoms with van der Waals surface area (Å²) in [6, 6.07) is 4.46. The maximum absolute atomic E-state index is 5.63. The summed E-state index contributed by atoms with van der Waals surface area (Å²) in [6.07, 6.45) is 3.97. The van der Waals surface area contributed by atoms with Crippen LogP contribution < -0.4 is 10.1 Å². The standard InChI is InChI=1S/C16H25NO/c1-11-8-12(2)16(15(9-11)18-4)14-7-5-6-13(14)10-17-3/h8-9,13-14,17H,5-7,10H2,1-4H3. The Balaban J connectivity index is 2.37. The van der Waals surface area contributed by atoms with Crippen LogP contribution in [0.15, 0.2) is 12.1 Å². The molecule has 18 heavy (non-hydrogen) atoms. The Kier molecular flexibility index (Phi) is 4.28. The van der Waals surface area contributed by atoms with Gasteiger partial charge in [0, 0.05) is 5.56 Å². The fraction of sp³-hybridized carbons (Fsp3) is 0.625. The SMILES string of the molecule is CNCC1CCCC1c1c(C)cc(C)cc1OC. The minimum absolute atomic E-state index is 0.660. The Morgan fingerprint density at radius 3 is 2.72 bits per heavy atom. The molecule has 0 heterocycles. The molecule has 0 saturated heterocycles. The average Bonchev–Trinajstić information content (AvgIpc) is 2.76. The van der Waals surface area contributed by atoms with Gasteiger partial charge in [0.1, 0.15) is 5.75 Å². The lowest BCUT2D eigenvalue weighted by Gasteiger charge is -2.24. The first-order valence-corrected chi connectivity index (χ1v) is 6.97. The molecule has 0 aliphatic heterocycles. The van der Waals surface area contributed by atoms with Crippen molar-refractivity contribution in [2.24, 2.45) is 5.92 Å².